The predicted octanol–water partition coefficient (Wildman–Crippen LogP) is 1.32. The summed E-state index contributed by atoms with van der Waals surface area (Å²) in [4.78, 5) is 21.9. The Balaban J connectivity index is 1.98. The van der Waals surface area contributed by atoms with Crippen molar-refractivity contribution < 1.29 is 14.7 Å². The van der Waals surface area contributed by atoms with Crippen molar-refractivity contribution in [2.45, 2.75) is 0 Å². The molecule has 1 aromatic heterocycles. The number of amides is 1. The smallest absolute Gasteiger partial charge is 0.313 e. The summed E-state index contributed by atoms with van der Waals surface area (Å²) in [5.41, 5.74) is 1.51. The van der Waals surface area contributed by atoms with Crippen LogP contribution < -0.4 is 5.32 Å². The highest BCUT2D eigenvalue weighted by Crippen LogP contribution is 2.21. The number of hydrogen-bond donors (Lipinski definition) is 3. The predicted molar refractivity (Wildman–Crippen MR) is 69.7 cm³/mol. The van der Waals surface area contributed by atoms with Crippen LogP contribution in [0.15, 0.2) is 24.4 Å². The number of thioether (sulfide) groups is 1. The third kappa shape index (κ3) is 3.01. The molecule has 2 rings (SSSR count). The Labute approximate surface area is 107 Å². The quantitative estimate of drug-likeness (QED) is 0.757. The molecule has 94 valence electrons. The number of benzene rings is 1. The van der Waals surface area contributed by atoms with Crippen LogP contribution in [-0.2, 0) is 9.59 Å². The minimum atomic E-state index is -0.926. The van der Waals surface area contributed by atoms with Crippen LogP contribution in [0.1, 0.15) is 0 Å². The molecule has 0 fully saturated rings. The summed E-state index contributed by atoms with van der Waals surface area (Å²) in [6.45, 7) is 0. The summed E-state index contributed by atoms with van der Waals surface area (Å²) < 4.78 is 0. The molecule has 1 amide bonds. The number of carbonyl (C=O) groups excluding carboxylic acids is 1. The van der Waals surface area contributed by atoms with E-state index in [1.54, 1.807) is 18.3 Å². The molecule has 0 radical (unpaired) electrons. The number of fused-ring (bicyclic) bond motifs is 1. The van der Waals surface area contributed by atoms with Gasteiger partial charge < -0.3 is 10.4 Å². The van der Waals surface area contributed by atoms with Crippen molar-refractivity contribution in [2.75, 3.05) is 16.8 Å². The number of nitrogens with zero attached hydrogens (tertiary/aromatic N) is 1. The largest absolute Gasteiger partial charge is 0.481 e. The molecular weight excluding hydrogens is 254 g/mol. The SMILES string of the molecule is O=C(O)CSCC(=O)Nc1cccc2[nH]ncc12. The molecule has 2 aromatic rings. The Hall–Kier alpha value is -2.02. The first-order valence-electron chi connectivity index (χ1n) is 5.18. The monoisotopic (exact) mass is 265 g/mol. The number of aromatic nitrogens is 2. The fraction of sp³-hybridized carbons (Fsp3) is 0.182. The summed E-state index contributed by atoms with van der Waals surface area (Å²) in [6, 6.07) is 5.44. The maximum atomic E-state index is 11.6. The van der Waals surface area contributed by atoms with E-state index in [4.69, 9.17) is 5.11 Å². The van der Waals surface area contributed by atoms with Crippen LogP contribution in [0.3, 0.4) is 0 Å². The van der Waals surface area contributed by atoms with Gasteiger partial charge in [0.1, 0.15) is 0 Å². The molecule has 1 heterocycles. The maximum absolute atomic E-state index is 11.6. The van der Waals surface area contributed by atoms with Crippen molar-refractivity contribution in [1.29, 1.82) is 0 Å². The van der Waals surface area contributed by atoms with Crippen molar-refractivity contribution in [1.82, 2.24) is 10.2 Å². The average Bonchev–Trinajstić information content (AvgIpc) is 2.77. The third-order valence-electron chi connectivity index (χ3n) is 2.22. The number of H-pyrrole nitrogens is 1. The topological polar surface area (TPSA) is 95.1 Å². The van der Waals surface area contributed by atoms with Gasteiger partial charge in [-0.05, 0) is 12.1 Å². The molecule has 0 bridgehead atoms. The molecule has 0 unspecified atom stereocenters. The highest BCUT2D eigenvalue weighted by atomic mass is 32.2. The number of hydrogen-bond acceptors (Lipinski definition) is 4. The van der Waals surface area contributed by atoms with Crippen molar-refractivity contribution in [3.05, 3.63) is 24.4 Å². The number of nitrogens with one attached hydrogen (secondary N) is 2. The van der Waals surface area contributed by atoms with Crippen LogP contribution >= 0.6 is 11.8 Å². The molecule has 0 aliphatic carbocycles. The number of rotatable bonds is 5. The van der Waals surface area contributed by atoms with Gasteiger partial charge in [-0.2, -0.15) is 5.10 Å². The van der Waals surface area contributed by atoms with Crippen molar-refractivity contribution in [3.63, 3.8) is 0 Å². The van der Waals surface area contributed by atoms with Crippen molar-refractivity contribution >= 4 is 40.2 Å². The van der Waals surface area contributed by atoms with Crippen molar-refractivity contribution in [3.8, 4) is 0 Å². The fourth-order valence-corrected chi connectivity index (χ4v) is 2.03. The van der Waals surface area contributed by atoms with E-state index in [1.165, 1.54) is 0 Å². The van der Waals surface area contributed by atoms with E-state index < -0.39 is 5.97 Å². The second-order valence-electron chi connectivity index (χ2n) is 3.57. The Morgan fingerprint density at radius 2 is 2.22 bits per heavy atom. The first-order valence-corrected chi connectivity index (χ1v) is 6.34. The van der Waals surface area contributed by atoms with E-state index >= 15 is 0 Å². The first-order chi connectivity index (χ1) is 8.66. The molecule has 6 nitrogen and oxygen atoms in total. The summed E-state index contributed by atoms with van der Waals surface area (Å²) in [6.07, 6.45) is 1.63. The number of carboxylic acids is 1. The van der Waals surface area contributed by atoms with Gasteiger partial charge in [-0.15, -0.1) is 11.8 Å². The molecule has 0 aliphatic rings. The van der Waals surface area contributed by atoms with Gasteiger partial charge in [0.15, 0.2) is 0 Å². The summed E-state index contributed by atoms with van der Waals surface area (Å²) >= 11 is 1.06. The molecular formula is C11H11N3O3S. The van der Waals surface area contributed by atoms with Crippen LogP contribution in [0, 0.1) is 0 Å². The van der Waals surface area contributed by atoms with Gasteiger partial charge in [0.25, 0.3) is 0 Å². The van der Waals surface area contributed by atoms with E-state index in [2.05, 4.69) is 15.5 Å². The van der Waals surface area contributed by atoms with E-state index in [0.29, 0.717) is 5.69 Å². The van der Waals surface area contributed by atoms with Crippen LogP contribution in [-0.4, -0.2) is 38.7 Å². The van der Waals surface area contributed by atoms with E-state index in [-0.39, 0.29) is 17.4 Å². The highest BCUT2D eigenvalue weighted by Gasteiger charge is 2.07. The minimum Gasteiger partial charge on any atom is -0.481 e. The Morgan fingerprint density at radius 1 is 1.39 bits per heavy atom. The summed E-state index contributed by atoms with van der Waals surface area (Å²) in [7, 11) is 0. The zero-order valence-electron chi connectivity index (χ0n) is 9.34. The van der Waals surface area contributed by atoms with E-state index in [1.807, 2.05) is 6.07 Å². The van der Waals surface area contributed by atoms with Gasteiger partial charge >= 0.3 is 5.97 Å². The van der Waals surface area contributed by atoms with E-state index in [0.717, 1.165) is 22.7 Å². The lowest BCUT2D eigenvalue weighted by atomic mass is 10.2. The molecule has 3 N–H and O–H groups in total. The number of anilines is 1. The first kappa shape index (κ1) is 12.4. The van der Waals surface area contributed by atoms with Gasteiger partial charge in [0, 0.05) is 5.39 Å². The van der Waals surface area contributed by atoms with Gasteiger partial charge in [-0.1, -0.05) is 6.07 Å². The molecule has 0 aliphatic heterocycles. The van der Waals surface area contributed by atoms with Crippen LogP contribution in [0.25, 0.3) is 10.9 Å². The Morgan fingerprint density at radius 3 is 3.00 bits per heavy atom. The minimum absolute atomic E-state index is 0.0800. The van der Waals surface area contributed by atoms with Crippen molar-refractivity contribution in [2.24, 2.45) is 0 Å². The number of carboxylic acid groups (broad SMARTS) is 1. The molecule has 0 atom stereocenters. The van der Waals surface area contributed by atoms with Gasteiger partial charge in [-0.3, -0.25) is 14.7 Å². The summed E-state index contributed by atoms with van der Waals surface area (Å²) in [5, 5.41) is 18.7. The number of carbonyl (C=O) groups is 2. The second kappa shape index (κ2) is 5.54. The lowest BCUT2D eigenvalue weighted by molar-refractivity contribution is -0.133. The zero-order valence-corrected chi connectivity index (χ0v) is 10.2. The molecule has 0 saturated carbocycles. The van der Waals surface area contributed by atoms with E-state index in [9.17, 15) is 9.59 Å². The zero-order chi connectivity index (χ0) is 13.0. The average molecular weight is 265 g/mol. The van der Waals surface area contributed by atoms with Crippen LogP contribution in [0.4, 0.5) is 5.69 Å². The lowest BCUT2D eigenvalue weighted by Crippen LogP contribution is -2.15. The molecule has 18 heavy (non-hydrogen) atoms. The molecule has 0 spiro atoms. The second-order valence-corrected chi connectivity index (χ2v) is 4.56. The van der Waals surface area contributed by atoms with Gasteiger partial charge in [0.2, 0.25) is 5.91 Å². The third-order valence-corrected chi connectivity index (χ3v) is 3.13. The maximum Gasteiger partial charge on any atom is 0.313 e. The summed E-state index contributed by atoms with van der Waals surface area (Å²) in [5.74, 6) is -1.12. The van der Waals surface area contributed by atoms with Crippen LogP contribution in [0.2, 0.25) is 0 Å². The number of aromatic amines is 1. The Kier molecular flexibility index (Phi) is 3.83. The van der Waals surface area contributed by atoms with Crippen LogP contribution in [0.5, 0.6) is 0 Å². The lowest BCUT2D eigenvalue weighted by Gasteiger charge is -2.05. The molecule has 7 heteroatoms. The highest BCUT2D eigenvalue weighted by molar-refractivity contribution is 8.00. The molecule has 0 saturated heterocycles. The number of aliphatic carboxylic acids is 1. The normalized spacial score (nSPS) is 10.4. The van der Waals surface area contributed by atoms with Gasteiger partial charge in [0.05, 0.1) is 28.9 Å². The Bertz CT molecular complexity index is 582. The molecule has 1 aromatic carbocycles. The standard InChI is InChI=1S/C11H11N3O3S/c15-10(5-18-6-11(16)17)13-8-2-1-3-9-7(8)4-12-14-9/h1-4H,5-6H2,(H,12,14)(H,13,15)(H,16,17). The van der Waals surface area contributed by atoms with Gasteiger partial charge in [-0.25, -0.2) is 0 Å². The fourth-order valence-electron chi connectivity index (χ4n) is 1.49.